The van der Waals surface area contributed by atoms with Gasteiger partial charge in [0.05, 0.1) is 45.6 Å². The topological polar surface area (TPSA) is 382 Å². The van der Waals surface area contributed by atoms with Gasteiger partial charge in [-0.05, 0) is 119 Å². The number of benzene rings is 4. The lowest BCUT2D eigenvalue weighted by atomic mass is 9.89. The summed E-state index contributed by atoms with van der Waals surface area (Å²) in [5.41, 5.74) is 13.6. The first-order chi connectivity index (χ1) is 53.6. The molecule has 3 aliphatic rings. The second-order valence-corrected chi connectivity index (χ2v) is 30.3. The van der Waals surface area contributed by atoms with Gasteiger partial charge in [0.25, 0.3) is 0 Å². The first-order valence-corrected chi connectivity index (χ1v) is 38.7. The molecule has 603 valence electrons. The minimum Gasteiger partial charge on any atom is -0.459 e. The van der Waals surface area contributed by atoms with E-state index in [1.165, 1.54) is 82.4 Å². The first kappa shape index (κ1) is 91.1. The molecule has 0 spiro atoms. The predicted octanol–water partition coefficient (Wildman–Crippen LogP) is 11.6. The number of fused-ring (bicyclic) bond motifs is 3. The number of nitrogens with two attached hydrogens (primary N) is 3. The monoisotopic (exact) mass is 1620 g/mol. The van der Waals surface area contributed by atoms with Gasteiger partial charge >= 0.3 is 31.4 Å². The number of aromatic nitrogens is 9. The number of nitrogens with zero attached hydrogens (tertiary/aromatic N) is 9. The molecular weight excluding hydrogens is 1530 g/mol. The quantitative estimate of drug-likeness (QED) is 0.0138. The minimum atomic E-state index is -2.71. The molecule has 37 heteroatoms. The van der Waals surface area contributed by atoms with Gasteiger partial charge in [0, 0.05) is 24.6 Å². The lowest BCUT2D eigenvalue weighted by Crippen LogP contribution is -2.51. The van der Waals surface area contributed by atoms with Crippen molar-refractivity contribution in [1.29, 1.82) is 0 Å². The van der Waals surface area contributed by atoms with Gasteiger partial charge in [0.15, 0.2) is 41.0 Å². The van der Waals surface area contributed by atoms with Crippen molar-refractivity contribution in [2.75, 3.05) is 49.0 Å². The molecule has 6 aromatic heterocycles. The van der Waals surface area contributed by atoms with Crippen molar-refractivity contribution >= 4 is 97.4 Å². The van der Waals surface area contributed by atoms with Crippen molar-refractivity contribution in [2.45, 2.75) is 151 Å². The lowest BCUT2D eigenvalue weighted by molar-refractivity contribution is -0.256. The molecule has 10 aromatic rings. The van der Waals surface area contributed by atoms with Crippen LogP contribution in [0.4, 0.5) is 44.1 Å². The number of halogens is 8. The maximum Gasteiger partial charge on any atom is 0.354 e. The number of carbonyl (C=O) groups is 4. The zero-order chi connectivity index (χ0) is 82.5. The molecule has 27 nitrogen and oxygen atoms in total. The largest absolute Gasteiger partial charge is 0.459 e. The number of hydrogen-bond acceptors (Lipinski definition) is 24. The molecular formula is C75H90BCl2F6N12O15Si. The third-order valence-electron chi connectivity index (χ3n) is 18.0. The minimum absolute atomic E-state index is 0.101. The molecule has 12 atom stereocenters. The third-order valence-corrected chi connectivity index (χ3v) is 21.5. The number of alkyl halides is 5. The molecule has 9 heterocycles. The van der Waals surface area contributed by atoms with Crippen molar-refractivity contribution in [1.82, 2.24) is 43.8 Å². The standard InChI is InChI=1S/C26H23FN4O6.C26H23FN4O5.C12H15FN4O3.C6H16Si.C2H5BF.C2H6O.CH2Cl2.F2/c1-25(27)21(36-24(33)17-10-6-3-7-11-17)19(14-35-23(32)16-8-4-2-5-9-16)37-26(25,34)20-13-12-18-22(28)29-15-30-31(18)20;1-26(27)21(18-12-13-19-23(28)29-15-30-31(18)19)35-20(14-34-24(32)16-8-4-2-5-9-16)22(26)36-25(33)17-10-6-3-7-11-17;1-12(13)9(19)8(4-18)20-10(12)6-2-3-7-11(14)15-5-16-17(6)7;1-4-7(5-2)6-3;1-2-3-4;1-2-3;2-1-3;1-2/h2-13,15,19,21,34H,14H2,1H3,(H2,28,29,30);2-13,15,20-22H,14H2,1H3,(H2,28,29,30);2-3,5,8-10,18-19H,4H2,1H3,(H2,14,15,16);7H,4-6H2,1-3H3;2H2,1H3;3H,2H2,1H3;1H2;/t19-,21-,25-,26?;20-,21+,22-,26+;8-,9-,10+,12-;;;;;/m111...../s1. The normalized spacial score (nSPS) is 23.2. The molecule has 13 rings (SSSR count). The van der Waals surface area contributed by atoms with Gasteiger partial charge in [-0.3, -0.25) is 0 Å². The summed E-state index contributed by atoms with van der Waals surface area (Å²) in [4.78, 5) is 62.5. The Bertz CT molecular complexity index is 4550. The van der Waals surface area contributed by atoms with E-state index in [1.54, 1.807) is 147 Å². The molecule has 3 saturated heterocycles. The predicted molar refractivity (Wildman–Crippen MR) is 410 cm³/mol. The maximum absolute atomic E-state index is 16.6. The highest BCUT2D eigenvalue weighted by Crippen LogP contribution is 2.51. The summed E-state index contributed by atoms with van der Waals surface area (Å²) in [6, 6.07) is 46.7. The van der Waals surface area contributed by atoms with E-state index in [0.29, 0.717) is 47.4 Å². The van der Waals surface area contributed by atoms with Crippen molar-refractivity contribution < 1.29 is 99.4 Å². The Morgan fingerprint density at radius 2 is 0.875 bits per heavy atom. The highest BCUT2D eigenvalue weighted by molar-refractivity contribution is 6.58. The number of nitrogen functional groups attached to an aromatic ring is 3. The SMILES string of the molecule is CCO.CC[B]F.CC[SiH](CC)CC.C[C@@]1(F)[C@H](O)[C@@H](CO)O[C@H]1c1ccc2c(N)ncnn12.C[C@@]1(F)[C@H](OC(=O)c2ccccc2)[C@@H](COC(=O)c2ccccc2)OC1(O)c1ccc2c(N)ncnn12.C[C@@]1(F)[C@H](OC(=O)c2ccccc2)[C@@H](COC(=O)c2ccccc2)O[C@H]1c1ccc2c(N)ncnn12.ClCCl.FF. The Balaban J connectivity index is 0.000000241. The number of aliphatic hydroxyl groups is 4. The number of rotatable bonds is 18. The maximum atomic E-state index is 16.6. The highest BCUT2D eigenvalue weighted by Gasteiger charge is 2.68. The van der Waals surface area contributed by atoms with E-state index >= 15 is 8.78 Å². The van der Waals surface area contributed by atoms with Crippen LogP contribution in [0.3, 0.4) is 0 Å². The van der Waals surface area contributed by atoms with Crippen LogP contribution in [0.1, 0.15) is 126 Å². The Hall–Kier alpha value is -9.82. The highest BCUT2D eigenvalue weighted by atomic mass is 35.5. The van der Waals surface area contributed by atoms with Gasteiger partial charge in [-0.2, -0.15) is 15.3 Å². The zero-order valence-electron chi connectivity index (χ0n) is 62.4. The van der Waals surface area contributed by atoms with Crippen LogP contribution < -0.4 is 17.2 Å². The number of carbonyl (C=O) groups excluding carboxylic acids is 4. The Morgan fingerprint density at radius 1 is 0.536 bits per heavy atom. The molecule has 0 aliphatic carbocycles. The number of anilines is 3. The average molecular weight is 1620 g/mol. The van der Waals surface area contributed by atoms with Crippen LogP contribution in [0.5, 0.6) is 0 Å². The van der Waals surface area contributed by atoms with E-state index in [2.05, 4.69) is 51.0 Å². The lowest BCUT2D eigenvalue weighted by Gasteiger charge is -2.32. The van der Waals surface area contributed by atoms with Crippen LogP contribution in [0.25, 0.3) is 16.6 Å². The van der Waals surface area contributed by atoms with E-state index in [-0.39, 0.29) is 67.2 Å². The molecule has 10 N–H and O–H groups in total. The first-order valence-electron chi connectivity index (χ1n) is 35.2. The Labute approximate surface area is 654 Å². The molecule has 3 fully saturated rings. The summed E-state index contributed by atoms with van der Waals surface area (Å²) in [5.74, 6) is -4.94. The fraction of sp³-hybridized carbons (Fsp3) is 0.387. The zero-order valence-corrected chi connectivity index (χ0v) is 65.1. The summed E-state index contributed by atoms with van der Waals surface area (Å²) in [6.07, 6.45) is -5.97. The second-order valence-electron chi connectivity index (χ2n) is 25.4. The second kappa shape index (κ2) is 43.3. The Morgan fingerprint density at radius 3 is 1.24 bits per heavy atom. The fourth-order valence-corrected chi connectivity index (χ4v) is 13.8. The van der Waals surface area contributed by atoms with Crippen LogP contribution in [0.15, 0.2) is 177 Å². The number of hydrogen-bond donors (Lipinski definition) is 7. The van der Waals surface area contributed by atoms with Crippen LogP contribution >= 0.6 is 23.2 Å². The van der Waals surface area contributed by atoms with Crippen molar-refractivity contribution in [3.63, 3.8) is 0 Å². The molecule has 4 aromatic carbocycles. The van der Waals surface area contributed by atoms with E-state index in [1.807, 2.05) is 0 Å². The number of esters is 4. The molecule has 3 aliphatic heterocycles. The van der Waals surface area contributed by atoms with Crippen LogP contribution in [-0.2, 0) is 38.9 Å². The molecule has 0 saturated carbocycles. The van der Waals surface area contributed by atoms with E-state index in [4.69, 9.17) is 92.9 Å². The smallest absolute Gasteiger partial charge is 0.354 e. The van der Waals surface area contributed by atoms with E-state index < -0.39 is 109 Å². The van der Waals surface area contributed by atoms with Crippen molar-refractivity contribution in [2.24, 2.45) is 0 Å². The molecule has 1 radical (unpaired) electrons. The summed E-state index contributed by atoms with van der Waals surface area (Å²) in [6.45, 7) is 12.9. The Kier molecular flexibility index (Phi) is 35.2. The summed E-state index contributed by atoms with van der Waals surface area (Å²) in [5, 5.41) is 50.7. The van der Waals surface area contributed by atoms with Gasteiger partial charge in [-0.25, -0.2) is 60.8 Å². The molecule has 1 unspecified atom stereocenters. The number of ether oxygens (including phenoxy) is 7. The van der Waals surface area contributed by atoms with Crippen LogP contribution in [-0.4, -0.2) is 190 Å². The van der Waals surface area contributed by atoms with Crippen molar-refractivity contribution in [3.8, 4) is 0 Å². The summed E-state index contributed by atoms with van der Waals surface area (Å²) >= 11 is 9.53. The van der Waals surface area contributed by atoms with Gasteiger partial charge in [-0.1, -0.05) is 119 Å². The summed E-state index contributed by atoms with van der Waals surface area (Å²) in [7, 11) is 0.454. The fourth-order valence-electron chi connectivity index (χ4n) is 12.1. The summed E-state index contributed by atoms with van der Waals surface area (Å²) < 4.78 is 118. The van der Waals surface area contributed by atoms with Crippen LogP contribution in [0.2, 0.25) is 24.5 Å². The molecule has 112 heavy (non-hydrogen) atoms. The van der Waals surface area contributed by atoms with Gasteiger partial charge in [0.1, 0.15) is 91.1 Å². The van der Waals surface area contributed by atoms with Gasteiger partial charge in [0.2, 0.25) is 11.5 Å². The molecule has 0 bridgehead atoms. The number of aliphatic hydroxyl groups excluding tert-OH is 3. The van der Waals surface area contributed by atoms with E-state index in [9.17, 15) is 38.1 Å². The van der Waals surface area contributed by atoms with Crippen molar-refractivity contribution in [3.05, 3.63) is 216 Å². The third kappa shape index (κ3) is 21.9. The molecule has 0 amide bonds. The van der Waals surface area contributed by atoms with Gasteiger partial charge in [-0.15, -0.1) is 23.2 Å². The van der Waals surface area contributed by atoms with Crippen LogP contribution in [0, 0.1) is 0 Å². The van der Waals surface area contributed by atoms with E-state index in [0.717, 1.165) is 13.3 Å². The van der Waals surface area contributed by atoms with Gasteiger partial charge < -0.3 is 75.1 Å². The average Bonchev–Trinajstić information content (AvgIpc) is 1.56.